The summed E-state index contributed by atoms with van der Waals surface area (Å²) in [6.45, 7) is 0.496. The van der Waals surface area contributed by atoms with Crippen LogP contribution in [-0.2, 0) is 12.6 Å². The van der Waals surface area contributed by atoms with Gasteiger partial charge >= 0.3 is 6.18 Å². The van der Waals surface area contributed by atoms with E-state index in [9.17, 15) is 27.6 Å². The molecule has 6 nitrogen and oxygen atoms in total. The van der Waals surface area contributed by atoms with Gasteiger partial charge in [-0.1, -0.05) is 6.07 Å². The van der Waals surface area contributed by atoms with Gasteiger partial charge in [0.2, 0.25) is 0 Å². The van der Waals surface area contributed by atoms with E-state index in [1.54, 1.807) is 35.5 Å². The van der Waals surface area contributed by atoms with Crippen LogP contribution in [0.4, 0.5) is 17.6 Å². The van der Waals surface area contributed by atoms with E-state index in [1.807, 2.05) is 0 Å². The maximum atomic E-state index is 13.6. The van der Waals surface area contributed by atoms with Crippen molar-refractivity contribution in [2.24, 2.45) is 5.41 Å². The van der Waals surface area contributed by atoms with E-state index in [0.717, 1.165) is 12.1 Å². The molecule has 10 heteroatoms. The molecule has 3 heterocycles. The first-order chi connectivity index (χ1) is 16.2. The highest BCUT2D eigenvalue weighted by molar-refractivity contribution is 5.99. The van der Waals surface area contributed by atoms with Crippen LogP contribution in [0.1, 0.15) is 34.3 Å². The minimum atomic E-state index is -4.82. The summed E-state index contributed by atoms with van der Waals surface area (Å²) in [5, 5.41) is 9.85. The van der Waals surface area contributed by atoms with Gasteiger partial charge in [0, 0.05) is 25.5 Å². The monoisotopic (exact) mass is 469 g/mol. The molecule has 1 aliphatic rings. The van der Waals surface area contributed by atoms with Crippen LogP contribution >= 0.6 is 0 Å². The van der Waals surface area contributed by atoms with Gasteiger partial charge in [0.25, 0.3) is 5.91 Å². The zero-order chi connectivity index (χ0) is 24.3. The Balaban J connectivity index is 1.51. The second-order valence-corrected chi connectivity index (χ2v) is 8.17. The minimum Gasteiger partial charge on any atom is -0.338 e. The van der Waals surface area contributed by atoms with Gasteiger partial charge in [-0.05, 0) is 55.2 Å². The van der Waals surface area contributed by atoms with Gasteiger partial charge in [-0.2, -0.15) is 18.4 Å². The Bertz CT molecular complexity index is 1230. The van der Waals surface area contributed by atoms with Crippen LogP contribution in [0.3, 0.4) is 0 Å². The van der Waals surface area contributed by atoms with Crippen molar-refractivity contribution in [1.29, 1.82) is 5.26 Å². The number of pyridine rings is 1. The average molecular weight is 469 g/mol. The van der Waals surface area contributed by atoms with Gasteiger partial charge in [-0.3, -0.25) is 9.78 Å². The highest BCUT2D eigenvalue weighted by atomic mass is 19.4. The van der Waals surface area contributed by atoms with Crippen molar-refractivity contribution in [3.8, 4) is 17.5 Å². The second-order valence-electron chi connectivity index (χ2n) is 8.17. The molecular formula is C24H19F4N5O. The molecule has 174 valence electrons. The highest BCUT2D eigenvalue weighted by Crippen LogP contribution is 2.38. The molecule has 1 saturated heterocycles. The lowest BCUT2D eigenvalue weighted by atomic mass is 9.75. The molecule has 0 aliphatic carbocycles. The van der Waals surface area contributed by atoms with E-state index < -0.39 is 23.0 Å². The number of amides is 1. The third-order valence-corrected chi connectivity index (χ3v) is 5.99. The number of aromatic nitrogens is 3. The molecule has 4 rings (SSSR count). The molecule has 2 aromatic heterocycles. The molecule has 0 atom stereocenters. The molecule has 0 bridgehead atoms. The molecule has 1 aliphatic heterocycles. The summed E-state index contributed by atoms with van der Waals surface area (Å²) in [6, 6.07) is 9.98. The number of hydrogen-bond donors (Lipinski definition) is 0. The van der Waals surface area contributed by atoms with E-state index >= 15 is 0 Å². The normalized spacial score (nSPS) is 15.6. The summed E-state index contributed by atoms with van der Waals surface area (Å²) >= 11 is 0. The van der Waals surface area contributed by atoms with E-state index in [-0.39, 0.29) is 43.8 Å². The average Bonchev–Trinajstić information content (AvgIpc) is 2.85. The topological polar surface area (TPSA) is 82.8 Å². The quantitative estimate of drug-likeness (QED) is 0.518. The van der Waals surface area contributed by atoms with E-state index in [4.69, 9.17) is 0 Å². The Morgan fingerprint density at radius 2 is 1.88 bits per heavy atom. The number of nitriles is 1. The van der Waals surface area contributed by atoms with Crippen molar-refractivity contribution in [2.45, 2.75) is 25.4 Å². The number of hydrogen-bond acceptors (Lipinski definition) is 5. The molecule has 1 aromatic carbocycles. The zero-order valence-corrected chi connectivity index (χ0v) is 17.9. The number of alkyl halides is 3. The minimum absolute atomic E-state index is 0.0357. The third kappa shape index (κ3) is 4.73. The molecule has 1 amide bonds. The predicted molar refractivity (Wildman–Crippen MR) is 114 cm³/mol. The van der Waals surface area contributed by atoms with E-state index in [2.05, 4.69) is 21.0 Å². The number of benzene rings is 1. The lowest BCUT2D eigenvalue weighted by molar-refractivity contribution is -0.140. The molecule has 0 spiro atoms. The summed E-state index contributed by atoms with van der Waals surface area (Å²) in [7, 11) is 0. The van der Waals surface area contributed by atoms with Crippen molar-refractivity contribution in [3.63, 3.8) is 0 Å². The Morgan fingerprint density at radius 3 is 2.53 bits per heavy atom. The molecule has 0 radical (unpaired) electrons. The molecule has 1 fully saturated rings. The van der Waals surface area contributed by atoms with Crippen LogP contribution in [0.5, 0.6) is 0 Å². The van der Waals surface area contributed by atoms with Crippen LogP contribution in [0.25, 0.3) is 11.4 Å². The fraction of sp³-hybridized carbons (Fsp3) is 0.292. The number of nitrogens with zero attached hydrogens (tertiary/aromatic N) is 5. The van der Waals surface area contributed by atoms with Crippen molar-refractivity contribution in [1.82, 2.24) is 19.9 Å². The molecule has 0 N–H and O–H groups in total. The van der Waals surface area contributed by atoms with Gasteiger partial charge in [-0.25, -0.2) is 14.4 Å². The number of likely N-dealkylation sites (tertiary alicyclic amines) is 1. The maximum absolute atomic E-state index is 13.6. The molecule has 34 heavy (non-hydrogen) atoms. The fourth-order valence-corrected chi connectivity index (χ4v) is 4.14. The van der Waals surface area contributed by atoms with Gasteiger partial charge in [0.1, 0.15) is 17.8 Å². The standard InChI is InChI=1S/C24H19F4N5O/c25-19-4-3-16(12-18(19)24(26,27)28)13-23(14-29)6-10-33(11-7-23)22(34)17-2-1-8-31-21(17)20-5-9-30-15-32-20/h1-5,8-9,12,15H,6-7,10-11,13H2. The third-order valence-electron chi connectivity index (χ3n) is 5.99. The summed E-state index contributed by atoms with van der Waals surface area (Å²) in [5.41, 5.74) is -0.800. The molecule has 0 saturated carbocycles. The first kappa shape index (κ1) is 23.3. The fourth-order valence-electron chi connectivity index (χ4n) is 4.14. The number of carbonyl (C=O) groups excluding carboxylic acids is 1. The molecular weight excluding hydrogens is 450 g/mol. The Labute approximate surface area is 192 Å². The number of rotatable bonds is 4. The Hall–Kier alpha value is -3.87. The maximum Gasteiger partial charge on any atom is 0.419 e. The van der Waals surface area contributed by atoms with Crippen molar-refractivity contribution in [3.05, 3.63) is 77.6 Å². The van der Waals surface area contributed by atoms with Crippen molar-refractivity contribution >= 4 is 5.91 Å². The number of piperidine rings is 1. The number of halogens is 4. The predicted octanol–water partition coefficient (Wildman–Crippen LogP) is 4.69. The molecule has 0 unspecified atom stereocenters. The summed E-state index contributed by atoms with van der Waals surface area (Å²) in [4.78, 5) is 27.2. The van der Waals surface area contributed by atoms with E-state index in [1.165, 1.54) is 12.4 Å². The summed E-state index contributed by atoms with van der Waals surface area (Å²) in [5.74, 6) is -1.62. The summed E-state index contributed by atoms with van der Waals surface area (Å²) < 4.78 is 52.9. The van der Waals surface area contributed by atoms with Gasteiger partial charge in [0.15, 0.2) is 0 Å². The van der Waals surface area contributed by atoms with Crippen LogP contribution < -0.4 is 0 Å². The van der Waals surface area contributed by atoms with Crippen LogP contribution in [0.2, 0.25) is 0 Å². The first-order valence-corrected chi connectivity index (χ1v) is 10.5. The molecule has 3 aromatic rings. The highest BCUT2D eigenvalue weighted by Gasteiger charge is 2.39. The zero-order valence-electron chi connectivity index (χ0n) is 17.9. The smallest absolute Gasteiger partial charge is 0.338 e. The Kier molecular flexibility index (Phi) is 6.28. The lowest BCUT2D eigenvalue weighted by Gasteiger charge is -2.37. The summed E-state index contributed by atoms with van der Waals surface area (Å²) in [6.07, 6.45) is 0.235. The van der Waals surface area contributed by atoms with Crippen LogP contribution in [0, 0.1) is 22.6 Å². The van der Waals surface area contributed by atoms with Gasteiger partial charge < -0.3 is 4.90 Å². The SMILES string of the molecule is N#CC1(Cc2ccc(F)c(C(F)(F)F)c2)CCN(C(=O)c2cccnc2-c2ccncn2)CC1. The van der Waals surface area contributed by atoms with Gasteiger partial charge in [-0.15, -0.1) is 0 Å². The first-order valence-electron chi connectivity index (χ1n) is 10.5. The second kappa shape index (κ2) is 9.17. The van der Waals surface area contributed by atoms with Crippen molar-refractivity contribution in [2.75, 3.05) is 13.1 Å². The Morgan fingerprint density at radius 1 is 1.12 bits per heavy atom. The number of carbonyl (C=O) groups is 1. The van der Waals surface area contributed by atoms with Crippen LogP contribution in [0.15, 0.2) is 55.1 Å². The van der Waals surface area contributed by atoms with E-state index in [0.29, 0.717) is 17.0 Å². The lowest BCUT2D eigenvalue weighted by Crippen LogP contribution is -2.43. The van der Waals surface area contributed by atoms with Gasteiger partial charge in [0.05, 0.1) is 28.3 Å². The van der Waals surface area contributed by atoms with Crippen LogP contribution in [-0.4, -0.2) is 38.8 Å². The van der Waals surface area contributed by atoms with Crippen molar-refractivity contribution < 1.29 is 22.4 Å². The largest absolute Gasteiger partial charge is 0.419 e.